The summed E-state index contributed by atoms with van der Waals surface area (Å²) in [6.45, 7) is 0. The highest BCUT2D eigenvalue weighted by Gasteiger charge is 2.17. The van der Waals surface area contributed by atoms with Crippen LogP contribution in [-0.2, 0) is 0 Å². The SMILES string of the molecule is c1ccc(-c2cccc(-c3cccc(-c4ccc5c(c4)c4cccc6c7ccccc7n5c64)c3)n2)cc1. The molecule has 2 heteroatoms. The van der Waals surface area contributed by atoms with E-state index in [1.54, 1.807) is 0 Å². The topological polar surface area (TPSA) is 17.3 Å². The van der Waals surface area contributed by atoms with Gasteiger partial charge in [0, 0.05) is 32.7 Å². The minimum absolute atomic E-state index is 0.983. The van der Waals surface area contributed by atoms with Crippen molar-refractivity contribution in [2.45, 2.75) is 0 Å². The van der Waals surface area contributed by atoms with Crippen LogP contribution in [0.25, 0.3) is 71.7 Å². The van der Waals surface area contributed by atoms with Gasteiger partial charge in [-0.3, -0.25) is 0 Å². The van der Waals surface area contributed by atoms with E-state index in [2.05, 4.69) is 132 Å². The molecule has 0 aliphatic carbocycles. The van der Waals surface area contributed by atoms with E-state index in [4.69, 9.17) is 4.98 Å². The third-order valence-electron chi connectivity index (χ3n) is 7.53. The van der Waals surface area contributed by atoms with Gasteiger partial charge in [-0.05, 0) is 47.5 Å². The molecule has 37 heavy (non-hydrogen) atoms. The summed E-state index contributed by atoms with van der Waals surface area (Å²) >= 11 is 0. The van der Waals surface area contributed by atoms with Crippen molar-refractivity contribution in [2.24, 2.45) is 0 Å². The predicted octanol–water partition coefficient (Wildman–Crippen LogP) is 9.23. The van der Waals surface area contributed by atoms with Gasteiger partial charge >= 0.3 is 0 Å². The minimum Gasteiger partial charge on any atom is -0.308 e. The maximum atomic E-state index is 4.98. The third-order valence-corrected chi connectivity index (χ3v) is 7.53. The van der Waals surface area contributed by atoms with Crippen molar-refractivity contribution in [2.75, 3.05) is 0 Å². The average Bonchev–Trinajstić information content (AvgIpc) is 3.50. The molecule has 0 amide bonds. The Balaban J connectivity index is 1.28. The summed E-state index contributed by atoms with van der Waals surface area (Å²) in [5.74, 6) is 0. The molecule has 0 saturated heterocycles. The maximum absolute atomic E-state index is 4.98. The molecule has 0 atom stereocenters. The summed E-state index contributed by atoms with van der Waals surface area (Å²) in [4.78, 5) is 4.98. The van der Waals surface area contributed by atoms with E-state index in [1.807, 2.05) is 6.07 Å². The highest BCUT2D eigenvalue weighted by atomic mass is 14.9. The van der Waals surface area contributed by atoms with Crippen molar-refractivity contribution >= 4 is 38.1 Å². The van der Waals surface area contributed by atoms with Gasteiger partial charge in [0.15, 0.2) is 0 Å². The normalized spacial score (nSPS) is 11.8. The smallest absolute Gasteiger partial charge is 0.0709 e. The lowest BCUT2D eigenvalue weighted by Gasteiger charge is -2.08. The molecule has 0 fully saturated rings. The second-order valence-corrected chi connectivity index (χ2v) is 9.64. The molecular weight excluding hydrogens is 448 g/mol. The molecule has 0 N–H and O–H groups in total. The highest BCUT2D eigenvalue weighted by molar-refractivity contribution is 6.23. The lowest BCUT2D eigenvalue weighted by molar-refractivity contribution is 1.32. The molecule has 2 nitrogen and oxygen atoms in total. The van der Waals surface area contributed by atoms with E-state index in [0.29, 0.717) is 0 Å². The first-order valence-corrected chi connectivity index (χ1v) is 12.7. The van der Waals surface area contributed by atoms with Crippen LogP contribution in [0.3, 0.4) is 0 Å². The first-order chi connectivity index (χ1) is 18.3. The van der Waals surface area contributed by atoms with Gasteiger partial charge in [-0.2, -0.15) is 0 Å². The monoisotopic (exact) mass is 470 g/mol. The highest BCUT2D eigenvalue weighted by Crippen LogP contribution is 2.40. The molecule has 3 aromatic heterocycles. The number of para-hydroxylation sites is 2. The minimum atomic E-state index is 0.983. The van der Waals surface area contributed by atoms with Crippen molar-refractivity contribution in [1.29, 1.82) is 0 Å². The average molecular weight is 471 g/mol. The first kappa shape index (κ1) is 20.3. The number of nitrogens with zero attached hydrogens (tertiary/aromatic N) is 2. The van der Waals surface area contributed by atoms with E-state index in [0.717, 1.165) is 22.5 Å². The van der Waals surface area contributed by atoms with E-state index in [-0.39, 0.29) is 0 Å². The fourth-order valence-electron chi connectivity index (χ4n) is 5.84. The molecule has 0 radical (unpaired) electrons. The molecule has 172 valence electrons. The summed E-state index contributed by atoms with van der Waals surface area (Å²) in [6.07, 6.45) is 0. The molecule has 0 spiro atoms. The Morgan fingerprint density at radius 2 is 0.973 bits per heavy atom. The Morgan fingerprint density at radius 1 is 0.378 bits per heavy atom. The Morgan fingerprint density at radius 3 is 1.86 bits per heavy atom. The summed E-state index contributed by atoms with van der Waals surface area (Å²) in [5, 5.41) is 5.22. The molecule has 0 aliphatic heterocycles. The molecule has 8 rings (SSSR count). The Labute approximate surface area is 214 Å². The lowest BCUT2D eigenvalue weighted by atomic mass is 9.99. The van der Waals surface area contributed by atoms with Crippen LogP contribution in [0.5, 0.6) is 0 Å². The van der Waals surface area contributed by atoms with Gasteiger partial charge < -0.3 is 4.40 Å². The zero-order valence-electron chi connectivity index (χ0n) is 20.1. The van der Waals surface area contributed by atoms with E-state index >= 15 is 0 Å². The molecule has 0 bridgehead atoms. The van der Waals surface area contributed by atoms with Gasteiger partial charge in [0.25, 0.3) is 0 Å². The molecule has 0 saturated carbocycles. The largest absolute Gasteiger partial charge is 0.308 e. The zero-order valence-corrected chi connectivity index (χ0v) is 20.1. The van der Waals surface area contributed by atoms with Gasteiger partial charge in [-0.15, -0.1) is 0 Å². The van der Waals surface area contributed by atoms with Gasteiger partial charge in [0.05, 0.1) is 27.9 Å². The maximum Gasteiger partial charge on any atom is 0.0709 e. The van der Waals surface area contributed by atoms with Crippen molar-refractivity contribution in [3.8, 4) is 33.6 Å². The van der Waals surface area contributed by atoms with Crippen molar-refractivity contribution in [1.82, 2.24) is 9.38 Å². The van der Waals surface area contributed by atoms with E-state index in [9.17, 15) is 0 Å². The van der Waals surface area contributed by atoms with Crippen LogP contribution in [0.15, 0.2) is 133 Å². The van der Waals surface area contributed by atoms with E-state index < -0.39 is 0 Å². The quantitative estimate of drug-likeness (QED) is 0.251. The fraction of sp³-hybridized carbons (Fsp3) is 0. The number of hydrogen-bond donors (Lipinski definition) is 0. The molecular formula is C35H22N2. The standard InChI is InChI=1S/C35H22N2/c1-2-9-23(10-3-1)31-16-8-17-32(36-31)26-12-6-11-24(21-26)25-19-20-34-30(22-25)29-15-7-14-28-27-13-4-5-18-33(27)37(34)35(28)29/h1-22H. The van der Waals surface area contributed by atoms with Crippen LogP contribution in [0.1, 0.15) is 0 Å². The Hall–Kier alpha value is -4.95. The van der Waals surface area contributed by atoms with Crippen LogP contribution in [0.2, 0.25) is 0 Å². The van der Waals surface area contributed by atoms with Crippen LogP contribution >= 0.6 is 0 Å². The molecule has 8 aromatic rings. The number of benzene rings is 5. The molecule has 3 heterocycles. The van der Waals surface area contributed by atoms with Crippen molar-refractivity contribution < 1.29 is 0 Å². The summed E-state index contributed by atoms with van der Waals surface area (Å²) in [5.41, 5.74) is 10.5. The molecule has 5 aromatic carbocycles. The predicted molar refractivity (Wildman–Crippen MR) is 155 cm³/mol. The number of aromatic nitrogens is 2. The zero-order chi connectivity index (χ0) is 24.3. The van der Waals surface area contributed by atoms with Gasteiger partial charge in [0.2, 0.25) is 0 Å². The third kappa shape index (κ3) is 3.03. The number of hydrogen-bond acceptors (Lipinski definition) is 1. The summed E-state index contributed by atoms with van der Waals surface area (Å²) in [6, 6.07) is 47.6. The van der Waals surface area contributed by atoms with Crippen LogP contribution in [0, 0.1) is 0 Å². The van der Waals surface area contributed by atoms with Crippen molar-refractivity contribution in [3.05, 3.63) is 133 Å². The Bertz CT molecular complexity index is 2080. The van der Waals surface area contributed by atoms with Crippen LogP contribution in [-0.4, -0.2) is 9.38 Å². The Kier molecular flexibility index (Phi) is 4.26. The van der Waals surface area contributed by atoms with Gasteiger partial charge in [0.1, 0.15) is 0 Å². The number of pyridine rings is 1. The van der Waals surface area contributed by atoms with E-state index in [1.165, 1.54) is 49.2 Å². The number of rotatable bonds is 3. The fourth-order valence-corrected chi connectivity index (χ4v) is 5.84. The first-order valence-electron chi connectivity index (χ1n) is 12.7. The number of fused-ring (bicyclic) bond motifs is 6. The van der Waals surface area contributed by atoms with Crippen molar-refractivity contribution in [3.63, 3.8) is 0 Å². The van der Waals surface area contributed by atoms with Gasteiger partial charge in [-0.25, -0.2) is 4.98 Å². The van der Waals surface area contributed by atoms with Gasteiger partial charge in [-0.1, -0.05) is 97.1 Å². The second kappa shape index (κ2) is 7.78. The summed E-state index contributed by atoms with van der Waals surface area (Å²) < 4.78 is 2.43. The second-order valence-electron chi connectivity index (χ2n) is 9.64. The molecule has 0 unspecified atom stereocenters. The lowest BCUT2D eigenvalue weighted by Crippen LogP contribution is -1.88. The molecule has 0 aliphatic rings. The van der Waals surface area contributed by atoms with Crippen LogP contribution < -0.4 is 0 Å². The van der Waals surface area contributed by atoms with Crippen LogP contribution in [0.4, 0.5) is 0 Å². The summed E-state index contributed by atoms with van der Waals surface area (Å²) in [7, 11) is 0.